The van der Waals surface area contributed by atoms with Crippen molar-refractivity contribution >= 4 is 28.9 Å². The molecule has 0 aliphatic carbocycles. The Kier molecular flexibility index (Phi) is 2.36. The van der Waals surface area contributed by atoms with Gasteiger partial charge in [0.05, 0.1) is 0 Å². The smallest absolute Gasteiger partial charge is 0.175 e. The lowest BCUT2D eigenvalue weighted by Crippen LogP contribution is -1.94. The highest BCUT2D eigenvalue weighted by atomic mass is 32.2. The molecular formula is C8H9N5S. The van der Waals surface area contributed by atoms with E-state index in [1.807, 2.05) is 10.0 Å². The van der Waals surface area contributed by atoms with E-state index in [0.29, 0.717) is 11.3 Å². The second-order valence-electron chi connectivity index (χ2n) is 2.59. The molecule has 2 aromatic heterocycles. The molecule has 6 heteroatoms. The minimum Gasteiger partial charge on any atom is -0.382 e. The van der Waals surface area contributed by atoms with Gasteiger partial charge in [0.2, 0.25) is 0 Å². The van der Waals surface area contributed by atoms with Crippen LogP contribution in [-0.2, 0) is 0 Å². The molecule has 0 aliphatic rings. The summed E-state index contributed by atoms with van der Waals surface area (Å²) in [4.78, 5) is 12.1. The first kappa shape index (κ1) is 9.01. The Morgan fingerprint density at radius 2 is 2.36 bits per heavy atom. The van der Waals surface area contributed by atoms with Gasteiger partial charge in [0.1, 0.15) is 12.7 Å². The molecule has 5 nitrogen and oxygen atoms in total. The van der Waals surface area contributed by atoms with Gasteiger partial charge < -0.3 is 5.73 Å². The highest BCUT2D eigenvalue weighted by Crippen LogP contribution is 2.18. The number of hydrogen-bond acceptors (Lipinski definition) is 5. The van der Waals surface area contributed by atoms with Gasteiger partial charge in [-0.15, -0.1) is 6.58 Å². The Morgan fingerprint density at radius 3 is 3.14 bits per heavy atom. The maximum atomic E-state index is 5.64. The van der Waals surface area contributed by atoms with E-state index in [9.17, 15) is 0 Å². The third kappa shape index (κ3) is 1.44. The monoisotopic (exact) mass is 207 g/mol. The summed E-state index contributed by atoms with van der Waals surface area (Å²) in [7, 11) is 0. The Hall–Kier alpha value is -1.56. The van der Waals surface area contributed by atoms with E-state index in [4.69, 9.17) is 5.73 Å². The molecule has 0 aliphatic heterocycles. The molecule has 14 heavy (non-hydrogen) atoms. The van der Waals surface area contributed by atoms with Crippen molar-refractivity contribution in [3.05, 3.63) is 25.3 Å². The minimum atomic E-state index is 0.410. The van der Waals surface area contributed by atoms with Crippen LogP contribution in [0.1, 0.15) is 0 Å². The van der Waals surface area contributed by atoms with Gasteiger partial charge >= 0.3 is 0 Å². The van der Waals surface area contributed by atoms with Gasteiger partial charge in [-0.3, -0.25) is 3.97 Å². The lowest BCUT2D eigenvalue weighted by molar-refractivity contribution is 1.18. The van der Waals surface area contributed by atoms with Crippen LogP contribution >= 0.6 is 11.9 Å². The molecule has 2 N–H and O–H groups in total. The molecule has 0 unspecified atom stereocenters. The van der Waals surface area contributed by atoms with Crippen LogP contribution in [0.3, 0.4) is 0 Å². The van der Waals surface area contributed by atoms with E-state index in [1.165, 1.54) is 6.33 Å². The number of aromatic nitrogens is 4. The van der Waals surface area contributed by atoms with Crippen LogP contribution < -0.4 is 5.73 Å². The molecule has 0 saturated carbocycles. The van der Waals surface area contributed by atoms with Crippen LogP contribution in [0.25, 0.3) is 11.2 Å². The van der Waals surface area contributed by atoms with Crippen molar-refractivity contribution in [1.82, 2.24) is 18.9 Å². The first-order valence-electron chi connectivity index (χ1n) is 4.00. The van der Waals surface area contributed by atoms with Gasteiger partial charge in [-0.25, -0.2) is 15.0 Å². The topological polar surface area (TPSA) is 69.6 Å². The van der Waals surface area contributed by atoms with Crippen molar-refractivity contribution in [3.63, 3.8) is 0 Å². The number of nitrogens with two attached hydrogens (primary N) is 1. The van der Waals surface area contributed by atoms with Crippen molar-refractivity contribution in [2.45, 2.75) is 0 Å². The van der Waals surface area contributed by atoms with Gasteiger partial charge in [0.25, 0.3) is 0 Å². The zero-order valence-electron chi connectivity index (χ0n) is 7.42. The third-order valence-corrected chi connectivity index (χ3v) is 2.59. The number of nitrogens with zero attached hydrogens (tertiary/aromatic N) is 4. The van der Waals surface area contributed by atoms with Crippen molar-refractivity contribution < 1.29 is 0 Å². The fraction of sp³-hybridized carbons (Fsp3) is 0.125. The summed E-state index contributed by atoms with van der Waals surface area (Å²) < 4.78 is 1.86. The predicted molar refractivity (Wildman–Crippen MR) is 57.8 cm³/mol. The first-order valence-corrected chi connectivity index (χ1v) is 4.95. The zero-order valence-corrected chi connectivity index (χ0v) is 8.24. The SMILES string of the molecule is C=CCSn1cnc2c(N)ncnc21. The number of nitrogen functional groups attached to an aromatic ring is 1. The van der Waals surface area contributed by atoms with Crippen LogP contribution in [0.15, 0.2) is 25.3 Å². The molecule has 0 bridgehead atoms. The second-order valence-corrected chi connectivity index (χ2v) is 3.57. The lowest BCUT2D eigenvalue weighted by atomic mass is 10.5. The second kappa shape index (κ2) is 3.67. The minimum absolute atomic E-state index is 0.410. The molecule has 0 saturated heterocycles. The van der Waals surface area contributed by atoms with Crippen LogP contribution in [0.2, 0.25) is 0 Å². The van der Waals surface area contributed by atoms with E-state index in [1.54, 1.807) is 18.3 Å². The van der Waals surface area contributed by atoms with Crippen molar-refractivity contribution in [2.75, 3.05) is 11.5 Å². The molecule has 72 valence electrons. The maximum absolute atomic E-state index is 5.64. The average molecular weight is 207 g/mol. The molecule has 2 heterocycles. The molecule has 0 atom stereocenters. The van der Waals surface area contributed by atoms with E-state index in [0.717, 1.165) is 11.4 Å². The zero-order chi connectivity index (χ0) is 9.97. The van der Waals surface area contributed by atoms with E-state index >= 15 is 0 Å². The maximum Gasteiger partial charge on any atom is 0.175 e. The Bertz CT molecular complexity index is 464. The van der Waals surface area contributed by atoms with Crippen molar-refractivity contribution in [3.8, 4) is 0 Å². The van der Waals surface area contributed by atoms with E-state index in [2.05, 4.69) is 21.5 Å². The Balaban J connectivity index is 2.47. The van der Waals surface area contributed by atoms with Gasteiger partial charge in [-0.05, 0) is 11.9 Å². The quantitative estimate of drug-likeness (QED) is 0.763. The molecule has 0 aromatic carbocycles. The number of anilines is 1. The molecule has 0 radical (unpaired) electrons. The van der Waals surface area contributed by atoms with Crippen LogP contribution in [0, 0.1) is 0 Å². The molecule has 2 aromatic rings. The van der Waals surface area contributed by atoms with E-state index in [-0.39, 0.29) is 0 Å². The summed E-state index contributed by atoms with van der Waals surface area (Å²) in [6.07, 6.45) is 4.94. The number of rotatable bonds is 3. The van der Waals surface area contributed by atoms with Crippen LogP contribution in [0.5, 0.6) is 0 Å². The Morgan fingerprint density at radius 1 is 1.50 bits per heavy atom. The normalized spacial score (nSPS) is 10.6. The van der Waals surface area contributed by atoms with Gasteiger partial charge in [-0.1, -0.05) is 6.08 Å². The summed E-state index contributed by atoms with van der Waals surface area (Å²) in [5.41, 5.74) is 7.02. The highest BCUT2D eigenvalue weighted by molar-refractivity contribution is 7.98. The standard InChI is InChI=1S/C8H9N5S/c1-2-3-14-13-5-12-6-7(9)10-4-11-8(6)13/h2,4-5H,1,3H2,(H2,9,10,11). The summed E-state index contributed by atoms with van der Waals surface area (Å²) in [6.45, 7) is 3.65. The average Bonchev–Trinajstić information content (AvgIpc) is 2.60. The lowest BCUT2D eigenvalue weighted by Gasteiger charge is -1.98. The molecular weight excluding hydrogens is 198 g/mol. The number of fused-ring (bicyclic) bond motifs is 1. The van der Waals surface area contributed by atoms with Crippen LogP contribution in [-0.4, -0.2) is 24.7 Å². The van der Waals surface area contributed by atoms with Crippen molar-refractivity contribution in [2.24, 2.45) is 0 Å². The van der Waals surface area contributed by atoms with Crippen LogP contribution in [0.4, 0.5) is 5.82 Å². The van der Waals surface area contributed by atoms with Gasteiger partial charge in [0.15, 0.2) is 17.0 Å². The first-order chi connectivity index (χ1) is 6.83. The van der Waals surface area contributed by atoms with E-state index < -0.39 is 0 Å². The molecule has 0 amide bonds. The fourth-order valence-corrected chi connectivity index (χ4v) is 1.70. The molecule has 0 spiro atoms. The summed E-state index contributed by atoms with van der Waals surface area (Å²) >= 11 is 1.56. The van der Waals surface area contributed by atoms with Gasteiger partial charge in [0, 0.05) is 5.75 Å². The Labute approximate surface area is 85.2 Å². The molecule has 0 fully saturated rings. The fourth-order valence-electron chi connectivity index (χ4n) is 1.06. The highest BCUT2D eigenvalue weighted by Gasteiger charge is 2.06. The summed E-state index contributed by atoms with van der Waals surface area (Å²) in [5.74, 6) is 1.21. The van der Waals surface area contributed by atoms with Crippen molar-refractivity contribution in [1.29, 1.82) is 0 Å². The molecule has 2 rings (SSSR count). The van der Waals surface area contributed by atoms with Gasteiger partial charge in [-0.2, -0.15) is 0 Å². The summed E-state index contributed by atoms with van der Waals surface area (Å²) in [6, 6.07) is 0. The third-order valence-electron chi connectivity index (χ3n) is 1.66. The number of hydrogen-bond donors (Lipinski definition) is 1. The number of imidazole rings is 1. The summed E-state index contributed by atoms with van der Waals surface area (Å²) in [5, 5.41) is 0. The predicted octanol–water partition coefficient (Wildman–Crippen LogP) is 1.09. The largest absolute Gasteiger partial charge is 0.382 e.